The number of hydrogen-bond donors (Lipinski definition) is 1. The average molecular weight is 377 g/mol. The van der Waals surface area contributed by atoms with Crippen LogP contribution >= 0.6 is 0 Å². The zero-order valence-corrected chi connectivity index (χ0v) is 15.9. The van der Waals surface area contributed by atoms with Crippen LogP contribution in [0.3, 0.4) is 0 Å². The van der Waals surface area contributed by atoms with E-state index in [0.29, 0.717) is 11.5 Å². The van der Waals surface area contributed by atoms with Gasteiger partial charge in [0.15, 0.2) is 6.61 Å². The number of nitrogens with one attached hydrogen (secondary N) is 1. The van der Waals surface area contributed by atoms with E-state index in [9.17, 15) is 4.79 Å². The van der Waals surface area contributed by atoms with Crippen molar-refractivity contribution in [3.05, 3.63) is 60.6 Å². The van der Waals surface area contributed by atoms with E-state index in [4.69, 9.17) is 14.5 Å². The van der Waals surface area contributed by atoms with Crippen molar-refractivity contribution in [2.24, 2.45) is 0 Å². The normalized spacial score (nSPS) is 12.9. The minimum atomic E-state index is -0.223. The first-order chi connectivity index (χ1) is 13.7. The van der Waals surface area contributed by atoms with Crippen LogP contribution in [0.25, 0.3) is 11.3 Å². The van der Waals surface area contributed by atoms with Crippen molar-refractivity contribution < 1.29 is 14.3 Å². The lowest BCUT2D eigenvalue weighted by Crippen LogP contribution is -2.20. The molecule has 0 bridgehead atoms. The fourth-order valence-corrected chi connectivity index (χ4v) is 3.38. The molecule has 0 aliphatic carbocycles. The third-order valence-electron chi connectivity index (χ3n) is 4.80. The largest absolute Gasteiger partial charge is 0.497 e. The Hall–Kier alpha value is -3.28. The van der Waals surface area contributed by atoms with Crippen molar-refractivity contribution in [2.75, 3.05) is 19.0 Å². The van der Waals surface area contributed by atoms with Crippen molar-refractivity contribution in [3.63, 3.8) is 0 Å². The summed E-state index contributed by atoms with van der Waals surface area (Å²) in [5.41, 5.74) is 2.54. The van der Waals surface area contributed by atoms with Crippen LogP contribution in [0.1, 0.15) is 18.7 Å². The number of ether oxygens (including phenoxy) is 2. The van der Waals surface area contributed by atoms with Crippen LogP contribution in [0.15, 0.2) is 54.7 Å². The molecule has 0 unspecified atom stereocenters. The number of para-hydroxylation sites is 1. The van der Waals surface area contributed by atoms with Gasteiger partial charge in [-0.15, -0.1) is 0 Å². The Morgan fingerprint density at radius 2 is 2.00 bits per heavy atom. The Balaban J connectivity index is 1.46. The number of imidazole rings is 1. The zero-order chi connectivity index (χ0) is 19.3. The second kappa shape index (κ2) is 8.17. The zero-order valence-electron chi connectivity index (χ0n) is 15.9. The van der Waals surface area contributed by atoms with E-state index in [1.54, 1.807) is 19.2 Å². The Labute approximate surface area is 164 Å². The maximum Gasteiger partial charge on any atom is 0.262 e. The highest BCUT2D eigenvalue weighted by Gasteiger charge is 2.16. The highest BCUT2D eigenvalue weighted by Crippen LogP contribution is 2.29. The molecule has 0 spiro atoms. The molecule has 0 saturated carbocycles. The van der Waals surface area contributed by atoms with Crippen LogP contribution in [0.2, 0.25) is 0 Å². The molecule has 0 saturated heterocycles. The molecule has 6 nitrogen and oxygen atoms in total. The number of aromatic nitrogens is 2. The molecule has 0 atom stereocenters. The number of rotatable bonds is 6. The summed E-state index contributed by atoms with van der Waals surface area (Å²) in [6, 6.07) is 14.9. The van der Waals surface area contributed by atoms with Crippen LogP contribution in [0, 0.1) is 0 Å². The van der Waals surface area contributed by atoms with E-state index in [0.717, 1.165) is 35.7 Å². The summed E-state index contributed by atoms with van der Waals surface area (Å²) < 4.78 is 13.0. The fraction of sp³-hybridized carbons (Fsp3) is 0.273. The number of hydrogen-bond acceptors (Lipinski definition) is 4. The molecule has 2 heterocycles. The first-order valence-electron chi connectivity index (χ1n) is 9.45. The van der Waals surface area contributed by atoms with Crippen molar-refractivity contribution >= 4 is 11.6 Å². The average Bonchev–Trinajstić information content (AvgIpc) is 3.17. The Morgan fingerprint density at radius 1 is 1.14 bits per heavy atom. The van der Waals surface area contributed by atoms with Crippen molar-refractivity contribution in [3.8, 4) is 22.8 Å². The molecule has 0 fully saturated rings. The molecule has 1 N–H and O–H groups in total. The molecule has 6 heteroatoms. The lowest BCUT2D eigenvalue weighted by Gasteiger charge is -2.11. The van der Waals surface area contributed by atoms with Gasteiger partial charge in [-0.05, 0) is 31.0 Å². The summed E-state index contributed by atoms with van der Waals surface area (Å²) in [6.07, 6.45) is 5.44. The predicted octanol–water partition coefficient (Wildman–Crippen LogP) is 3.91. The lowest BCUT2D eigenvalue weighted by atomic mass is 10.1. The quantitative estimate of drug-likeness (QED) is 0.707. The van der Waals surface area contributed by atoms with E-state index in [2.05, 4.69) is 16.1 Å². The number of fused-ring (bicyclic) bond motifs is 1. The van der Waals surface area contributed by atoms with Gasteiger partial charge in [0, 0.05) is 30.8 Å². The van der Waals surface area contributed by atoms with Crippen LogP contribution in [-0.4, -0.2) is 29.2 Å². The number of carbonyl (C=O) groups is 1. The molecule has 2 aromatic carbocycles. The first-order valence-corrected chi connectivity index (χ1v) is 9.45. The third kappa shape index (κ3) is 4.01. The number of methoxy groups -OCH3 is 1. The molecule has 1 aliphatic rings. The van der Waals surface area contributed by atoms with Gasteiger partial charge in [-0.3, -0.25) is 4.79 Å². The molecule has 1 aliphatic heterocycles. The molecule has 3 aromatic rings. The van der Waals surface area contributed by atoms with E-state index in [-0.39, 0.29) is 12.5 Å². The molecule has 0 radical (unpaired) electrons. The van der Waals surface area contributed by atoms with Crippen molar-refractivity contribution in [2.45, 2.75) is 25.8 Å². The lowest BCUT2D eigenvalue weighted by molar-refractivity contribution is -0.118. The van der Waals surface area contributed by atoms with Crippen LogP contribution in [0.5, 0.6) is 11.5 Å². The van der Waals surface area contributed by atoms with Gasteiger partial charge in [-0.1, -0.05) is 24.3 Å². The minimum absolute atomic E-state index is 0.0822. The van der Waals surface area contributed by atoms with Gasteiger partial charge < -0.3 is 19.4 Å². The van der Waals surface area contributed by atoms with Gasteiger partial charge in [0.1, 0.15) is 17.3 Å². The molecular formula is C22H23N3O3. The molecule has 28 heavy (non-hydrogen) atoms. The maximum atomic E-state index is 12.4. The van der Waals surface area contributed by atoms with E-state index >= 15 is 0 Å². The Kier molecular flexibility index (Phi) is 5.28. The number of anilines is 1. The van der Waals surface area contributed by atoms with Gasteiger partial charge in [0.2, 0.25) is 0 Å². The number of aryl methyl sites for hydroxylation is 2. The molecule has 1 amide bonds. The second-order valence-corrected chi connectivity index (χ2v) is 6.75. The van der Waals surface area contributed by atoms with Crippen molar-refractivity contribution in [1.82, 2.24) is 9.55 Å². The number of nitrogens with zero attached hydrogens (tertiary/aromatic N) is 2. The summed E-state index contributed by atoms with van der Waals surface area (Å²) in [4.78, 5) is 17.2. The number of amides is 1. The van der Waals surface area contributed by atoms with Crippen LogP contribution < -0.4 is 14.8 Å². The van der Waals surface area contributed by atoms with Gasteiger partial charge in [0.25, 0.3) is 5.91 Å². The summed E-state index contributed by atoms with van der Waals surface area (Å²) in [6.45, 7) is 0.923. The standard InChI is InChI=1S/C22H23N3O3/c1-27-16-7-6-8-17(13-16)28-15-22(26)24-19-10-3-2-9-18(19)20-14-25-12-5-4-11-21(25)23-20/h2-3,6-10,13-14H,4-5,11-12,15H2,1H3,(H,24,26). The van der Waals surface area contributed by atoms with E-state index in [1.165, 1.54) is 12.8 Å². The minimum Gasteiger partial charge on any atom is -0.497 e. The first kappa shape index (κ1) is 18.1. The smallest absolute Gasteiger partial charge is 0.262 e. The summed E-state index contributed by atoms with van der Waals surface area (Å²) in [5, 5.41) is 2.94. The number of benzene rings is 2. The highest BCUT2D eigenvalue weighted by molar-refractivity contribution is 5.95. The van der Waals surface area contributed by atoms with Crippen LogP contribution in [0.4, 0.5) is 5.69 Å². The number of carbonyl (C=O) groups excluding carboxylic acids is 1. The Morgan fingerprint density at radius 3 is 2.86 bits per heavy atom. The fourth-order valence-electron chi connectivity index (χ4n) is 3.38. The van der Waals surface area contributed by atoms with Gasteiger partial charge >= 0.3 is 0 Å². The SMILES string of the molecule is COc1cccc(OCC(=O)Nc2ccccc2-c2cn3c(n2)CCCC3)c1. The maximum absolute atomic E-state index is 12.4. The Bertz CT molecular complexity index is 957. The summed E-state index contributed by atoms with van der Waals surface area (Å²) in [7, 11) is 1.59. The highest BCUT2D eigenvalue weighted by atomic mass is 16.5. The monoisotopic (exact) mass is 377 g/mol. The molecule has 1 aromatic heterocycles. The van der Waals surface area contributed by atoms with Gasteiger partial charge in [-0.2, -0.15) is 0 Å². The van der Waals surface area contributed by atoms with Gasteiger partial charge in [0.05, 0.1) is 18.5 Å². The second-order valence-electron chi connectivity index (χ2n) is 6.75. The van der Waals surface area contributed by atoms with E-state index < -0.39 is 0 Å². The van der Waals surface area contributed by atoms with Crippen molar-refractivity contribution in [1.29, 1.82) is 0 Å². The summed E-state index contributed by atoms with van der Waals surface area (Å²) >= 11 is 0. The third-order valence-corrected chi connectivity index (χ3v) is 4.80. The summed E-state index contributed by atoms with van der Waals surface area (Å²) in [5.74, 6) is 2.17. The van der Waals surface area contributed by atoms with Crippen LogP contribution in [-0.2, 0) is 17.8 Å². The molecule has 144 valence electrons. The predicted molar refractivity (Wildman–Crippen MR) is 108 cm³/mol. The molecular weight excluding hydrogens is 354 g/mol. The topological polar surface area (TPSA) is 65.4 Å². The molecule has 4 rings (SSSR count). The van der Waals surface area contributed by atoms with Gasteiger partial charge in [-0.25, -0.2) is 4.98 Å². The van der Waals surface area contributed by atoms with E-state index in [1.807, 2.05) is 36.4 Å².